The Balaban J connectivity index is 1.50. The summed E-state index contributed by atoms with van der Waals surface area (Å²) in [5, 5.41) is 0. The topological polar surface area (TPSA) is 72.9 Å². The van der Waals surface area contributed by atoms with Gasteiger partial charge in [-0.3, -0.25) is 9.59 Å². The van der Waals surface area contributed by atoms with Crippen molar-refractivity contribution < 1.29 is 23.9 Å². The molecule has 0 N–H and O–H groups in total. The number of carbonyl (C=O) groups is 3. The number of fused-ring (bicyclic) bond motifs is 3. The van der Waals surface area contributed by atoms with Crippen molar-refractivity contribution in [3.8, 4) is 11.1 Å². The lowest BCUT2D eigenvalue weighted by molar-refractivity contribution is -0.144. The number of hydrogen-bond acceptors (Lipinski definition) is 5. The van der Waals surface area contributed by atoms with Gasteiger partial charge in [0.25, 0.3) is 0 Å². The van der Waals surface area contributed by atoms with E-state index in [9.17, 15) is 14.4 Å². The molecular formula is C23H23NO5. The van der Waals surface area contributed by atoms with E-state index in [0.29, 0.717) is 13.0 Å². The highest BCUT2D eigenvalue weighted by atomic mass is 16.6. The Morgan fingerprint density at radius 1 is 1.00 bits per heavy atom. The Morgan fingerprint density at radius 3 is 2.17 bits per heavy atom. The van der Waals surface area contributed by atoms with Crippen LogP contribution in [0.5, 0.6) is 0 Å². The molecule has 2 aliphatic rings. The van der Waals surface area contributed by atoms with Crippen molar-refractivity contribution in [2.45, 2.75) is 31.9 Å². The summed E-state index contributed by atoms with van der Waals surface area (Å²) in [4.78, 5) is 38.4. The maximum absolute atomic E-state index is 13.0. The maximum atomic E-state index is 13.0. The molecule has 1 aliphatic carbocycles. The molecule has 0 radical (unpaired) electrons. The van der Waals surface area contributed by atoms with E-state index in [1.54, 1.807) is 4.90 Å². The van der Waals surface area contributed by atoms with Crippen LogP contribution in [0, 0.1) is 5.92 Å². The summed E-state index contributed by atoms with van der Waals surface area (Å²) < 4.78 is 10.5. The third kappa shape index (κ3) is 3.39. The quantitative estimate of drug-likeness (QED) is 0.585. The van der Waals surface area contributed by atoms with E-state index in [2.05, 4.69) is 4.74 Å². The van der Waals surface area contributed by atoms with E-state index in [4.69, 9.17) is 4.74 Å². The Morgan fingerprint density at radius 2 is 1.59 bits per heavy atom. The molecule has 150 valence electrons. The first-order valence-corrected chi connectivity index (χ1v) is 9.76. The molecule has 0 aromatic heterocycles. The predicted octanol–water partition coefficient (Wildman–Crippen LogP) is 3.74. The number of Topliss-reactive ketones (excluding diaryl/α,β-unsaturated/α-hetero) is 1. The number of carbonyl (C=O) groups excluding carboxylic acids is 3. The van der Waals surface area contributed by atoms with Crippen LogP contribution in [0.2, 0.25) is 0 Å². The van der Waals surface area contributed by atoms with Gasteiger partial charge >= 0.3 is 12.1 Å². The van der Waals surface area contributed by atoms with Crippen LogP contribution in [0.15, 0.2) is 48.5 Å². The molecule has 0 saturated carbocycles. The van der Waals surface area contributed by atoms with Crippen LogP contribution < -0.4 is 0 Å². The fourth-order valence-corrected chi connectivity index (χ4v) is 4.38. The zero-order chi connectivity index (χ0) is 20.5. The van der Waals surface area contributed by atoms with Gasteiger partial charge in [0.2, 0.25) is 0 Å². The summed E-state index contributed by atoms with van der Waals surface area (Å²) >= 11 is 0. The van der Waals surface area contributed by atoms with Gasteiger partial charge in [0, 0.05) is 29.6 Å². The minimum atomic E-state index is -0.553. The third-order valence-corrected chi connectivity index (χ3v) is 5.94. The molecule has 1 amide bonds. The van der Waals surface area contributed by atoms with Gasteiger partial charge in [0.15, 0.2) is 6.10 Å². The summed E-state index contributed by atoms with van der Waals surface area (Å²) in [6.45, 7) is 2.25. The molecule has 1 heterocycles. The van der Waals surface area contributed by atoms with Crippen LogP contribution in [-0.2, 0) is 19.1 Å². The summed E-state index contributed by atoms with van der Waals surface area (Å²) in [5.41, 5.74) is 4.07. The normalized spacial score (nSPS) is 20.1. The molecule has 6 nitrogen and oxygen atoms in total. The first-order chi connectivity index (χ1) is 14.0. The van der Waals surface area contributed by atoms with Crippen LogP contribution >= 0.6 is 0 Å². The number of ketones is 1. The predicted molar refractivity (Wildman–Crippen MR) is 106 cm³/mol. The highest BCUT2D eigenvalue weighted by molar-refractivity contribution is 5.97. The van der Waals surface area contributed by atoms with Crippen molar-refractivity contribution in [1.29, 1.82) is 0 Å². The fraction of sp³-hybridized carbons (Fsp3) is 0.348. The molecule has 0 bridgehead atoms. The zero-order valence-electron chi connectivity index (χ0n) is 16.5. The minimum absolute atomic E-state index is 0.198. The second-order valence-electron chi connectivity index (χ2n) is 7.49. The Hall–Kier alpha value is -3.15. The van der Waals surface area contributed by atoms with E-state index < -0.39 is 18.2 Å². The van der Waals surface area contributed by atoms with Gasteiger partial charge in [-0.15, -0.1) is 0 Å². The number of amides is 1. The van der Waals surface area contributed by atoms with E-state index in [0.717, 1.165) is 22.3 Å². The molecule has 2 unspecified atom stereocenters. The van der Waals surface area contributed by atoms with Gasteiger partial charge in [-0.1, -0.05) is 48.5 Å². The number of nitrogens with zero attached hydrogens (tertiary/aromatic N) is 1. The number of likely N-dealkylation sites (tertiary alicyclic amines) is 1. The van der Waals surface area contributed by atoms with Crippen molar-refractivity contribution in [2.75, 3.05) is 13.7 Å². The lowest BCUT2D eigenvalue weighted by atomic mass is 9.95. The van der Waals surface area contributed by atoms with Crippen molar-refractivity contribution in [3.63, 3.8) is 0 Å². The van der Waals surface area contributed by atoms with E-state index >= 15 is 0 Å². The summed E-state index contributed by atoms with van der Waals surface area (Å²) in [5.74, 6) is -1.14. The standard InChI is InChI=1S/C23H23NO5/c1-14-15(20(25)13-21(26)28-2)11-12-24(14)23(27)29-22-18-9-5-3-7-16(18)17-8-4-6-10-19(17)22/h3-10,14-15,22H,11-13H2,1-2H3. The summed E-state index contributed by atoms with van der Waals surface area (Å²) in [6, 6.07) is 15.5. The number of benzene rings is 2. The monoisotopic (exact) mass is 393 g/mol. The molecule has 1 aliphatic heterocycles. The van der Waals surface area contributed by atoms with Gasteiger partial charge < -0.3 is 14.4 Å². The first kappa shape index (κ1) is 19.2. The van der Waals surface area contributed by atoms with Crippen LogP contribution in [0.4, 0.5) is 4.79 Å². The van der Waals surface area contributed by atoms with Gasteiger partial charge in [0.1, 0.15) is 12.2 Å². The molecule has 2 aromatic carbocycles. The maximum Gasteiger partial charge on any atom is 0.410 e. The van der Waals surface area contributed by atoms with Crippen LogP contribution in [-0.4, -0.2) is 42.4 Å². The van der Waals surface area contributed by atoms with Crippen molar-refractivity contribution in [1.82, 2.24) is 4.90 Å². The Bertz CT molecular complexity index is 924. The van der Waals surface area contributed by atoms with Gasteiger partial charge in [-0.25, -0.2) is 4.79 Å². The highest BCUT2D eigenvalue weighted by Gasteiger charge is 2.41. The summed E-state index contributed by atoms with van der Waals surface area (Å²) in [6.07, 6.45) is -0.656. The highest BCUT2D eigenvalue weighted by Crippen LogP contribution is 2.45. The molecule has 29 heavy (non-hydrogen) atoms. The molecule has 2 aromatic rings. The van der Waals surface area contributed by atoms with E-state index in [1.807, 2.05) is 55.5 Å². The first-order valence-electron chi connectivity index (χ1n) is 9.76. The Kier molecular flexibility index (Phi) is 5.09. The van der Waals surface area contributed by atoms with Gasteiger partial charge in [-0.2, -0.15) is 0 Å². The van der Waals surface area contributed by atoms with E-state index in [1.165, 1.54) is 7.11 Å². The number of rotatable bonds is 4. The number of hydrogen-bond donors (Lipinski definition) is 0. The largest absolute Gasteiger partial charge is 0.469 e. The molecule has 4 rings (SSSR count). The third-order valence-electron chi connectivity index (χ3n) is 5.94. The van der Waals surface area contributed by atoms with Crippen LogP contribution in [0.25, 0.3) is 11.1 Å². The SMILES string of the molecule is COC(=O)CC(=O)C1CCN(C(=O)OC2c3ccccc3-c3ccccc32)C1C. The van der Waals surface area contributed by atoms with Crippen LogP contribution in [0.3, 0.4) is 0 Å². The number of ether oxygens (including phenoxy) is 2. The van der Waals surface area contributed by atoms with Crippen LogP contribution in [0.1, 0.15) is 37.0 Å². The lowest BCUT2D eigenvalue weighted by Crippen LogP contribution is -2.38. The second-order valence-corrected chi connectivity index (χ2v) is 7.49. The number of methoxy groups -OCH3 is 1. The molecule has 6 heteroatoms. The molecule has 2 atom stereocenters. The molecule has 0 spiro atoms. The Labute approximate surface area is 169 Å². The number of esters is 1. The average Bonchev–Trinajstić information content (AvgIpc) is 3.27. The lowest BCUT2D eigenvalue weighted by Gasteiger charge is -2.26. The van der Waals surface area contributed by atoms with Crippen molar-refractivity contribution in [3.05, 3.63) is 59.7 Å². The fourth-order valence-electron chi connectivity index (χ4n) is 4.38. The van der Waals surface area contributed by atoms with Gasteiger partial charge in [-0.05, 0) is 24.5 Å². The van der Waals surface area contributed by atoms with E-state index in [-0.39, 0.29) is 24.2 Å². The smallest absolute Gasteiger partial charge is 0.410 e. The van der Waals surface area contributed by atoms with Gasteiger partial charge in [0.05, 0.1) is 7.11 Å². The molecule has 1 fully saturated rings. The second kappa shape index (κ2) is 7.70. The van der Waals surface area contributed by atoms with Crippen molar-refractivity contribution in [2.24, 2.45) is 5.92 Å². The minimum Gasteiger partial charge on any atom is -0.469 e. The van der Waals surface area contributed by atoms with Crippen molar-refractivity contribution >= 4 is 17.8 Å². The molecular weight excluding hydrogens is 370 g/mol. The zero-order valence-corrected chi connectivity index (χ0v) is 16.5. The summed E-state index contributed by atoms with van der Waals surface area (Å²) in [7, 11) is 1.26. The average molecular weight is 393 g/mol. The molecule has 1 saturated heterocycles.